The fraction of sp³-hybridized carbons (Fsp3) is 0.231. The molecular weight excluding hydrogens is 290 g/mol. The number of benzene rings is 1. The molecule has 1 aromatic heterocycles. The van der Waals surface area contributed by atoms with Crippen LogP contribution >= 0.6 is 11.8 Å². The zero-order valence-corrected chi connectivity index (χ0v) is 11.8. The van der Waals surface area contributed by atoms with Gasteiger partial charge in [-0.2, -0.15) is 5.10 Å². The highest BCUT2D eigenvalue weighted by Gasteiger charge is 2.27. The lowest BCUT2D eigenvalue weighted by Gasteiger charge is -2.08. The van der Waals surface area contributed by atoms with Gasteiger partial charge in [-0.1, -0.05) is 42.1 Å². The average molecular weight is 303 g/mol. The SMILES string of the molecule is O=C(O)CSc1n[nH]c(C2CNN=C2c2ccccc2)n1. The zero-order chi connectivity index (χ0) is 14.7. The summed E-state index contributed by atoms with van der Waals surface area (Å²) in [7, 11) is 0. The van der Waals surface area contributed by atoms with Crippen LogP contribution in [0.1, 0.15) is 17.3 Å². The number of nitrogens with zero attached hydrogens (tertiary/aromatic N) is 3. The maximum absolute atomic E-state index is 10.6. The molecular formula is C13H13N5O2S. The number of hydrazone groups is 1. The number of aromatic amines is 1. The van der Waals surface area contributed by atoms with Crippen LogP contribution in [0.4, 0.5) is 0 Å². The lowest BCUT2D eigenvalue weighted by atomic mass is 9.97. The number of rotatable bonds is 5. The molecule has 0 saturated heterocycles. The molecule has 0 radical (unpaired) electrons. The molecule has 2 aromatic rings. The van der Waals surface area contributed by atoms with Crippen LogP contribution in [-0.4, -0.2) is 44.3 Å². The van der Waals surface area contributed by atoms with Crippen molar-refractivity contribution in [2.24, 2.45) is 5.10 Å². The van der Waals surface area contributed by atoms with E-state index >= 15 is 0 Å². The topological polar surface area (TPSA) is 103 Å². The summed E-state index contributed by atoms with van der Waals surface area (Å²) in [4.78, 5) is 14.9. The lowest BCUT2D eigenvalue weighted by Crippen LogP contribution is -2.16. The Morgan fingerprint density at radius 3 is 2.95 bits per heavy atom. The maximum atomic E-state index is 10.6. The Hall–Kier alpha value is -2.35. The third-order valence-corrected chi connectivity index (χ3v) is 3.86. The highest BCUT2D eigenvalue weighted by Crippen LogP contribution is 2.23. The summed E-state index contributed by atoms with van der Waals surface area (Å²) in [5.41, 5.74) is 4.91. The Labute approximate surface area is 124 Å². The first-order valence-corrected chi connectivity index (χ1v) is 7.35. The van der Waals surface area contributed by atoms with Gasteiger partial charge in [0.05, 0.1) is 17.4 Å². The number of H-pyrrole nitrogens is 1. The predicted molar refractivity (Wildman–Crippen MR) is 78.5 cm³/mol. The summed E-state index contributed by atoms with van der Waals surface area (Å²) >= 11 is 1.09. The molecule has 0 aliphatic carbocycles. The predicted octanol–water partition coefficient (Wildman–Crippen LogP) is 1.07. The molecule has 1 aromatic carbocycles. The molecule has 1 aliphatic heterocycles. The van der Waals surface area contributed by atoms with Gasteiger partial charge in [0.15, 0.2) is 0 Å². The number of aromatic nitrogens is 3. The minimum atomic E-state index is -0.888. The quantitative estimate of drug-likeness (QED) is 0.714. The van der Waals surface area contributed by atoms with E-state index in [0.29, 0.717) is 17.5 Å². The summed E-state index contributed by atoms with van der Waals surface area (Å²) in [6.07, 6.45) is 0. The van der Waals surface area contributed by atoms with Crippen LogP contribution in [0.15, 0.2) is 40.6 Å². The van der Waals surface area contributed by atoms with E-state index in [1.54, 1.807) is 0 Å². The Morgan fingerprint density at radius 1 is 1.38 bits per heavy atom. The van der Waals surface area contributed by atoms with Crippen molar-refractivity contribution in [3.05, 3.63) is 41.7 Å². The van der Waals surface area contributed by atoms with Crippen molar-refractivity contribution in [1.82, 2.24) is 20.6 Å². The van der Waals surface area contributed by atoms with Crippen LogP contribution < -0.4 is 5.43 Å². The van der Waals surface area contributed by atoms with Gasteiger partial charge in [0.2, 0.25) is 5.16 Å². The standard InChI is InChI=1S/C13H13N5O2S/c19-10(20)7-21-13-15-12(17-18-13)9-6-14-16-11(9)8-4-2-1-3-5-8/h1-5,9,14H,6-7H2,(H,19,20)(H,15,17,18). The molecule has 3 rings (SSSR count). The Morgan fingerprint density at radius 2 is 2.19 bits per heavy atom. The summed E-state index contributed by atoms with van der Waals surface area (Å²) in [5.74, 6) is -0.269. The Kier molecular flexibility index (Phi) is 3.87. The first-order valence-electron chi connectivity index (χ1n) is 6.37. The van der Waals surface area contributed by atoms with Gasteiger partial charge in [-0.15, -0.1) is 5.10 Å². The molecule has 1 aliphatic rings. The van der Waals surface area contributed by atoms with Crippen LogP contribution in [0.3, 0.4) is 0 Å². The van der Waals surface area contributed by atoms with Crippen molar-refractivity contribution in [3.63, 3.8) is 0 Å². The molecule has 0 fully saturated rings. The molecule has 108 valence electrons. The second-order valence-electron chi connectivity index (χ2n) is 4.46. The number of carboxylic acids is 1. The molecule has 2 heterocycles. The van der Waals surface area contributed by atoms with Crippen molar-refractivity contribution in [3.8, 4) is 0 Å². The average Bonchev–Trinajstić information content (AvgIpc) is 3.14. The summed E-state index contributed by atoms with van der Waals surface area (Å²) in [6.45, 7) is 0.641. The monoisotopic (exact) mass is 303 g/mol. The fourth-order valence-electron chi connectivity index (χ4n) is 2.10. The lowest BCUT2D eigenvalue weighted by molar-refractivity contribution is -0.133. The molecule has 1 atom stereocenters. The second kappa shape index (κ2) is 5.96. The second-order valence-corrected chi connectivity index (χ2v) is 5.41. The number of carbonyl (C=O) groups is 1. The van der Waals surface area contributed by atoms with E-state index in [-0.39, 0.29) is 11.7 Å². The van der Waals surface area contributed by atoms with E-state index in [0.717, 1.165) is 23.0 Å². The van der Waals surface area contributed by atoms with Crippen LogP contribution in [0.2, 0.25) is 0 Å². The Bertz CT molecular complexity index is 670. The van der Waals surface area contributed by atoms with Crippen molar-refractivity contribution in [2.75, 3.05) is 12.3 Å². The fourth-order valence-corrected chi connectivity index (χ4v) is 2.63. The van der Waals surface area contributed by atoms with E-state index in [1.807, 2.05) is 30.3 Å². The van der Waals surface area contributed by atoms with E-state index in [9.17, 15) is 4.79 Å². The van der Waals surface area contributed by atoms with Crippen molar-refractivity contribution in [2.45, 2.75) is 11.1 Å². The molecule has 0 saturated carbocycles. The highest BCUT2D eigenvalue weighted by molar-refractivity contribution is 7.99. The number of nitrogens with one attached hydrogen (secondary N) is 2. The Balaban J connectivity index is 1.78. The smallest absolute Gasteiger partial charge is 0.313 e. The van der Waals surface area contributed by atoms with E-state index in [1.165, 1.54) is 0 Å². The van der Waals surface area contributed by atoms with Crippen LogP contribution in [0, 0.1) is 0 Å². The highest BCUT2D eigenvalue weighted by atomic mass is 32.2. The molecule has 1 unspecified atom stereocenters. The molecule has 3 N–H and O–H groups in total. The van der Waals surface area contributed by atoms with Crippen molar-refractivity contribution >= 4 is 23.4 Å². The largest absolute Gasteiger partial charge is 0.481 e. The van der Waals surface area contributed by atoms with Crippen molar-refractivity contribution in [1.29, 1.82) is 0 Å². The molecule has 7 nitrogen and oxygen atoms in total. The summed E-state index contributed by atoms with van der Waals surface area (Å²) in [5, 5.41) is 20.3. The number of hydrogen-bond donors (Lipinski definition) is 3. The van der Waals surface area contributed by atoms with Gasteiger partial charge in [-0.3, -0.25) is 9.89 Å². The number of thioether (sulfide) groups is 1. The molecule has 0 spiro atoms. The maximum Gasteiger partial charge on any atom is 0.313 e. The van der Waals surface area contributed by atoms with E-state index in [2.05, 4.69) is 25.7 Å². The third kappa shape index (κ3) is 3.05. The van der Waals surface area contributed by atoms with Crippen LogP contribution in [0.5, 0.6) is 0 Å². The van der Waals surface area contributed by atoms with Gasteiger partial charge in [0.25, 0.3) is 0 Å². The molecule has 0 bridgehead atoms. The van der Waals surface area contributed by atoms with E-state index in [4.69, 9.17) is 5.11 Å². The van der Waals surface area contributed by atoms with Gasteiger partial charge < -0.3 is 10.5 Å². The number of aliphatic carboxylic acids is 1. The van der Waals surface area contributed by atoms with Gasteiger partial charge in [-0.25, -0.2) is 4.98 Å². The summed E-state index contributed by atoms with van der Waals surface area (Å²) < 4.78 is 0. The first kappa shape index (κ1) is 13.6. The first-order chi connectivity index (χ1) is 10.2. The molecule has 21 heavy (non-hydrogen) atoms. The molecule has 8 heteroatoms. The van der Waals surface area contributed by atoms with Gasteiger partial charge in [0.1, 0.15) is 5.82 Å². The number of hydrogen-bond acceptors (Lipinski definition) is 6. The van der Waals surface area contributed by atoms with Gasteiger partial charge in [-0.05, 0) is 5.56 Å². The van der Waals surface area contributed by atoms with Crippen LogP contribution in [-0.2, 0) is 4.79 Å². The van der Waals surface area contributed by atoms with Crippen molar-refractivity contribution < 1.29 is 9.90 Å². The normalized spacial score (nSPS) is 17.3. The van der Waals surface area contributed by atoms with Gasteiger partial charge >= 0.3 is 5.97 Å². The zero-order valence-electron chi connectivity index (χ0n) is 11.0. The van der Waals surface area contributed by atoms with Gasteiger partial charge in [0, 0.05) is 6.54 Å². The van der Waals surface area contributed by atoms with Crippen LogP contribution in [0.25, 0.3) is 0 Å². The third-order valence-electron chi connectivity index (χ3n) is 3.03. The minimum Gasteiger partial charge on any atom is -0.481 e. The number of carboxylic acid groups (broad SMARTS) is 1. The van der Waals surface area contributed by atoms with E-state index < -0.39 is 5.97 Å². The summed E-state index contributed by atoms with van der Waals surface area (Å²) in [6, 6.07) is 9.87. The molecule has 0 amide bonds. The minimum absolute atomic E-state index is 0.0147.